The van der Waals surface area contributed by atoms with Crippen molar-refractivity contribution in [1.82, 2.24) is 9.62 Å². The molecule has 2 atom stereocenters. The minimum Gasteiger partial charge on any atom is -0.388 e. The lowest BCUT2D eigenvalue weighted by Gasteiger charge is -2.25. The van der Waals surface area contributed by atoms with Crippen LogP contribution in [0, 0.1) is 6.92 Å². The van der Waals surface area contributed by atoms with E-state index in [1.165, 1.54) is 16.2 Å². The molecular weight excluding hydrogens is 316 g/mol. The molecule has 7 nitrogen and oxygen atoms in total. The van der Waals surface area contributed by atoms with Crippen LogP contribution >= 0.6 is 11.3 Å². The lowest BCUT2D eigenvalue weighted by molar-refractivity contribution is -0.0352. The van der Waals surface area contributed by atoms with E-state index in [0.29, 0.717) is 4.88 Å². The van der Waals surface area contributed by atoms with E-state index in [2.05, 4.69) is 4.72 Å². The third-order valence-electron chi connectivity index (χ3n) is 3.35. The topological polar surface area (TPSA) is 107 Å². The summed E-state index contributed by atoms with van der Waals surface area (Å²) < 4.78 is 24.4. The van der Waals surface area contributed by atoms with Crippen molar-refractivity contribution in [2.24, 2.45) is 0 Å². The minimum atomic E-state index is -3.48. The van der Waals surface area contributed by atoms with Gasteiger partial charge in [-0.1, -0.05) is 0 Å². The number of aryl methyl sites for hydroxylation is 1. The number of aliphatic hydroxyl groups is 2. The van der Waals surface area contributed by atoms with E-state index in [-0.39, 0.29) is 25.5 Å². The normalized spacial score (nSPS) is 26.3. The van der Waals surface area contributed by atoms with Gasteiger partial charge in [0.05, 0.1) is 17.7 Å². The monoisotopic (exact) mass is 334 g/mol. The Balaban J connectivity index is 2.08. The summed E-state index contributed by atoms with van der Waals surface area (Å²) in [4.78, 5) is 14.1. The van der Waals surface area contributed by atoms with Gasteiger partial charge in [-0.2, -0.15) is 0 Å². The van der Waals surface area contributed by atoms with Gasteiger partial charge in [0.1, 0.15) is 11.7 Å². The van der Waals surface area contributed by atoms with Crippen molar-refractivity contribution in [3.63, 3.8) is 0 Å². The molecule has 0 radical (unpaired) electrons. The predicted molar refractivity (Wildman–Crippen MR) is 78.8 cm³/mol. The number of thiophene rings is 1. The van der Waals surface area contributed by atoms with Crippen molar-refractivity contribution in [3.8, 4) is 0 Å². The third kappa shape index (κ3) is 3.80. The van der Waals surface area contributed by atoms with Crippen molar-refractivity contribution >= 4 is 27.3 Å². The molecule has 0 unspecified atom stereocenters. The van der Waals surface area contributed by atoms with Gasteiger partial charge in [-0.25, -0.2) is 13.1 Å². The predicted octanol–water partition coefficient (Wildman–Crippen LogP) is -0.846. The van der Waals surface area contributed by atoms with E-state index in [9.17, 15) is 23.4 Å². The molecule has 0 spiro atoms. The van der Waals surface area contributed by atoms with Gasteiger partial charge in [-0.05, 0) is 23.9 Å². The molecule has 0 bridgehead atoms. The molecule has 9 heteroatoms. The van der Waals surface area contributed by atoms with E-state index < -0.39 is 21.7 Å². The van der Waals surface area contributed by atoms with Gasteiger partial charge in [0.2, 0.25) is 10.0 Å². The Bertz CT molecular complexity index is 642. The summed E-state index contributed by atoms with van der Waals surface area (Å²) in [6.07, 6.45) is -0.230. The Kier molecular flexibility index (Phi) is 4.41. The molecule has 0 aromatic carbocycles. The maximum absolute atomic E-state index is 12.3. The largest absolute Gasteiger partial charge is 0.388 e. The highest BCUT2D eigenvalue weighted by Crippen LogP contribution is 2.25. The number of β-amino-alcohol motifs (C(OH)–C–C–N with tert-alkyl or cyclic N) is 2. The number of nitrogens with zero attached hydrogens (tertiary/aromatic N) is 1. The summed E-state index contributed by atoms with van der Waals surface area (Å²) in [5.74, 6) is -0.276. The molecular formula is C12H18N2O5S2. The Hall–Kier alpha value is -1.00. The van der Waals surface area contributed by atoms with Crippen LogP contribution in [0.3, 0.4) is 0 Å². The molecule has 3 N–H and O–H groups in total. The quantitative estimate of drug-likeness (QED) is 0.665. The first-order valence-corrected chi connectivity index (χ1v) is 9.07. The molecule has 1 aliphatic heterocycles. The molecule has 1 aromatic heterocycles. The van der Waals surface area contributed by atoms with E-state index in [1.54, 1.807) is 6.07 Å². The van der Waals surface area contributed by atoms with Crippen LogP contribution < -0.4 is 4.72 Å². The fourth-order valence-electron chi connectivity index (χ4n) is 2.16. The molecule has 118 valence electrons. The van der Waals surface area contributed by atoms with Gasteiger partial charge < -0.3 is 15.1 Å². The number of hydrogen-bond donors (Lipinski definition) is 3. The number of carbonyl (C=O) groups is 1. The minimum absolute atomic E-state index is 0.0300. The lowest BCUT2D eigenvalue weighted by atomic mass is 10.0. The van der Waals surface area contributed by atoms with Gasteiger partial charge in [0.15, 0.2) is 0 Å². The van der Waals surface area contributed by atoms with Gasteiger partial charge in [0.25, 0.3) is 5.91 Å². The number of amides is 1. The molecule has 1 saturated heterocycles. The zero-order valence-corrected chi connectivity index (χ0v) is 13.4. The maximum atomic E-state index is 12.3. The van der Waals surface area contributed by atoms with Crippen molar-refractivity contribution in [3.05, 3.63) is 21.9 Å². The van der Waals surface area contributed by atoms with Gasteiger partial charge in [-0.15, -0.1) is 11.3 Å². The molecule has 1 amide bonds. The first kappa shape index (κ1) is 16.4. The number of aliphatic hydroxyl groups excluding tert-OH is 1. The van der Waals surface area contributed by atoms with Crippen LogP contribution in [0.25, 0.3) is 0 Å². The van der Waals surface area contributed by atoms with Crippen LogP contribution in [0.4, 0.5) is 0 Å². The van der Waals surface area contributed by atoms with Crippen LogP contribution in [0.5, 0.6) is 0 Å². The summed E-state index contributed by atoms with van der Waals surface area (Å²) in [5.41, 5.74) is -0.706. The number of sulfonamides is 1. The number of carbonyl (C=O) groups excluding carboxylic acids is 1. The average Bonchev–Trinajstić information content (AvgIpc) is 2.91. The van der Waals surface area contributed by atoms with Gasteiger partial charge in [0, 0.05) is 13.1 Å². The molecule has 2 rings (SSSR count). The summed E-state index contributed by atoms with van der Waals surface area (Å²) in [7, 11) is -3.48. The van der Waals surface area contributed by atoms with Gasteiger partial charge in [-0.3, -0.25) is 4.79 Å². The number of rotatable bonds is 4. The van der Waals surface area contributed by atoms with E-state index >= 15 is 0 Å². The highest BCUT2D eigenvalue weighted by molar-refractivity contribution is 7.88. The zero-order valence-electron chi connectivity index (χ0n) is 11.7. The third-order valence-corrected chi connectivity index (χ3v) is 5.05. The fourth-order valence-corrected chi connectivity index (χ4v) is 3.54. The average molecular weight is 334 g/mol. The van der Waals surface area contributed by atoms with Crippen LogP contribution in [-0.4, -0.2) is 67.0 Å². The lowest BCUT2D eigenvalue weighted by Crippen LogP contribution is -2.51. The Labute approximate surface area is 127 Å². The van der Waals surface area contributed by atoms with Crippen molar-refractivity contribution in [1.29, 1.82) is 0 Å². The van der Waals surface area contributed by atoms with Crippen molar-refractivity contribution in [2.45, 2.75) is 18.6 Å². The Morgan fingerprint density at radius 2 is 2.29 bits per heavy atom. The van der Waals surface area contributed by atoms with Crippen LogP contribution in [0.2, 0.25) is 0 Å². The molecule has 0 aliphatic carbocycles. The number of likely N-dealkylation sites (tertiary alicyclic amines) is 1. The molecule has 1 fully saturated rings. The SMILES string of the molecule is Cc1csc(C(=O)N2C[C@@H](O)[C@](O)(CNS(C)(=O)=O)C2)c1. The second kappa shape index (κ2) is 5.65. The maximum Gasteiger partial charge on any atom is 0.264 e. The van der Waals surface area contributed by atoms with Crippen molar-refractivity contribution in [2.75, 3.05) is 25.9 Å². The first-order chi connectivity index (χ1) is 9.61. The molecule has 2 heterocycles. The van der Waals surface area contributed by atoms with Crippen LogP contribution in [0.1, 0.15) is 15.2 Å². The highest BCUT2D eigenvalue weighted by atomic mass is 32.2. The summed E-state index contributed by atoms with van der Waals surface area (Å²) in [6, 6.07) is 1.74. The summed E-state index contributed by atoms with van der Waals surface area (Å²) in [6.45, 7) is 1.39. The second-order valence-corrected chi connectivity index (χ2v) is 8.13. The number of nitrogens with one attached hydrogen (secondary N) is 1. The van der Waals surface area contributed by atoms with E-state index in [1.807, 2.05) is 12.3 Å². The molecule has 1 aromatic rings. The van der Waals surface area contributed by atoms with Gasteiger partial charge >= 0.3 is 0 Å². The Morgan fingerprint density at radius 1 is 1.62 bits per heavy atom. The zero-order chi connectivity index (χ0) is 15.8. The van der Waals surface area contributed by atoms with Crippen LogP contribution in [0.15, 0.2) is 11.4 Å². The van der Waals surface area contributed by atoms with E-state index in [0.717, 1.165) is 11.8 Å². The smallest absolute Gasteiger partial charge is 0.264 e. The molecule has 21 heavy (non-hydrogen) atoms. The highest BCUT2D eigenvalue weighted by Gasteiger charge is 2.46. The summed E-state index contributed by atoms with van der Waals surface area (Å²) in [5, 5.41) is 22.1. The van der Waals surface area contributed by atoms with Crippen molar-refractivity contribution < 1.29 is 23.4 Å². The first-order valence-electron chi connectivity index (χ1n) is 6.30. The van der Waals surface area contributed by atoms with E-state index in [4.69, 9.17) is 0 Å². The molecule has 0 saturated carbocycles. The number of hydrogen-bond acceptors (Lipinski definition) is 6. The Morgan fingerprint density at radius 3 is 2.81 bits per heavy atom. The molecule has 1 aliphatic rings. The van der Waals surface area contributed by atoms with Crippen LogP contribution in [-0.2, 0) is 10.0 Å². The standard InChI is InChI=1S/C12H18N2O5S2/c1-8-3-9(20-5-8)11(16)14-4-10(15)12(17,7-14)6-13-21(2,18)19/h3,5,10,13,15,17H,4,6-7H2,1-2H3/t10-,12+/m1/s1. The summed E-state index contributed by atoms with van der Waals surface area (Å²) >= 11 is 1.30. The second-order valence-electron chi connectivity index (χ2n) is 5.39. The fraction of sp³-hybridized carbons (Fsp3) is 0.583.